The van der Waals surface area contributed by atoms with Gasteiger partial charge in [-0.25, -0.2) is 0 Å². The highest BCUT2D eigenvalue weighted by Crippen LogP contribution is 2.21. The highest BCUT2D eigenvalue weighted by Gasteiger charge is 2.34. The summed E-state index contributed by atoms with van der Waals surface area (Å²) in [5.74, 6) is 0.785. The van der Waals surface area contributed by atoms with E-state index in [-0.39, 0.29) is 5.96 Å². The zero-order valence-electron chi connectivity index (χ0n) is 20.8. The van der Waals surface area contributed by atoms with Gasteiger partial charge in [-0.3, -0.25) is 10.3 Å². The first-order chi connectivity index (χ1) is 14.9. The highest BCUT2D eigenvalue weighted by atomic mass is 16.5. The molecule has 2 saturated heterocycles. The van der Waals surface area contributed by atoms with Gasteiger partial charge in [-0.05, 0) is 59.9 Å². The van der Waals surface area contributed by atoms with Crippen molar-refractivity contribution in [2.24, 2.45) is 10.7 Å². The van der Waals surface area contributed by atoms with Crippen molar-refractivity contribution in [2.45, 2.75) is 65.5 Å². The molecule has 2 rings (SSSR count). The summed E-state index contributed by atoms with van der Waals surface area (Å²) in [6, 6.07) is 0.935. The number of guanidine groups is 2. The fraction of sp³-hybridized carbons (Fsp3) is 0.913. The number of quaternary nitrogens is 1. The van der Waals surface area contributed by atoms with E-state index >= 15 is 0 Å². The van der Waals surface area contributed by atoms with E-state index in [0.29, 0.717) is 18.0 Å². The number of nitrogens with zero attached hydrogens (tertiary/aromatic N) is 5. The van der Waals surface area contributed by atoms with E-state index in [0.717, 1.165) is 89.3 Å². The molecular formula is C23H48N7O+. The first-order valence-electron chi connectivity index (χ1n) is 12.4. The molecule has 0 radical (unpaired) electrons. The van der Waals surface area contributed by atoms with E-state index in [1.165, 1.54) is 6.42 Å². The number of rotatable bonds is 10. The third-order valence-electron chi connectivity index (χ3n) is 7.56. The number of ether oxygens (including phenoxy) is 1. The Hall–Kier alpha value is -1.38. The van der Waals surface area contributed by atoms with Crippen molar-refractivity contribution < 1.29 is 9.22 Å². The van der Waals surface area contributed by atoms with E-state index in [4.69, 9.17) is 15.9 Å². The molecule has 0 aromatic carbocycles. The van der Waals surface area contributed by atoms with Gasteiger partial charge in [0.1, 0.15) is 0 Å². The highest BCUT2D eigenvalue weighted by molar-refractivity contribution is 5.92. The minimum absolute atomic E-state index is 0.269. The Morgan fingerprint density at radius 1 is 1.19 bits per heavy atom. The Bertz CT molecular complexity index is 570. The molecule has 180 valence electrons. The topological polar surface area (TPSA) is 81.2 Å². The molecule has 0 aromatic heterocycles. The summed E-state index contributed by atoms with van der Waals surface area (Å²) >= 11 is 0. The third-order valence-corrected chi connectivity index (χ3v) is 7.56. The molecule has 0 aliphatic carbocycles. The summed E-state index contributed by atoms with van der Waals surface area (Å²) in [5, 5.41) is 8.41. The van der Waals surface area contributed by atoms with Gasteiger partial charge in [0.05, 0.1) is 45.4 Å². The van der Waals surface area contributed by atoms with Gasteiger partial charge in [0.15, 0.2) is 5.96 Å². The van der Waals surface area contributed by atoms with Crippen LogP contribution in [0.5, 0.6) is 0 Å². The molecule has 8 nitrogen and oxygen atoms in total. The molecule has 8 heteroatoms. The minimum atomic E-state index is 0.269. The zero-order chi connectivity index (χ0) is 22.9. The second kappa shape index (κ2) is 12.6. The largest absolute Gasteiger partial charge is 0.379 e. The number of nitrogens with one attached hydrogen (secondary N) is 1. The van der Waals surface area contributed by atoms with Crippen LogP contribution in [0.4, 0.5) is 0 Å². The van der Waals surface area contributed by atoms with Crippen molar-refractivity contribution in [1.29, 1.82) is 5.41 Å². The van der Waals surface area contributed by atoms with Crippen LogP contribution in [0.15, 0.2) is 4.99 Å². The van der Waals surface area contributed by atoms with Crippen molar-refractivity contribution in [3.05, 3.63) is 0 Å². The summed E-state index contributed by atoms with van der Waals surface area (Å²) in [6.45, 7) is 19.2. The van der Waals surface area contributed by atoms with Gasteiger partial charge < -0.3 is 24.8 Å². The molecule has 2 atom stereocenters. The molecule has 2 unspecified atom stereocenters. The van der Waals surface area contributed by atoms with Gasteiger partial charge in [-0.2, -0.15) is 4.99 Å². The monoisotopic (exact) mass is 438 g/mol. The number of nitrogens with two attached hydrogens (primary N) is 1. The number of likely N-dealkylation sites (N-methyl/N-ethyl adjacent to an activating group) is 1. The van der Waals surface area contributed by atoms with Crippen molar-refractivity contribution >= 4 is 11.9 Å². The number of hydrogen-bond acceptors (Lipinski definition) is 3. The van der Waals surface area contributed by atoms with Crippen LogP contribution in [-0.2, 0) is 4.74 Å². The van der Waals surface area contributed by atoms with Gasteiger partial charge in [0.25, 0.3) is 0 Å². The standard InChI is InChI=1S/C23H48N7O/c1-6-30(7-2,8-3)18-21-12-11-15-29(21)23(25)26-22(24)27(5)13-9-10-14-28-16-17-31-19-20(28)4/h20-21H,6-19H2,1-5H3,(H3,24,25,26)/q+1. The van der Waals surface area contributed by atoms with Gasteiger partial charge in [0, 0.05) is 32.7 Å². The Balaban J connectivity index is 1.81. The molecule has 2 aliphatic rings. The van der Waals surface area contributed by atoms with Crippen LogP contribution in [0.1, 0.15) is 53.4 Å². The minimum Gasteiger partial charge on any atom is -0.379 e. The third kappa shape index (κ3) is 7.32. The first kappa shape index (κ1) is 25.9. The van der Waals surface area contributed by atoms with Crippen molar-refractivity contribution in [2.75, 3.05) is 72.6 Å². The lowest BCUT2D eigenvalue weighted by Gasteiger charge is -2.40. The van der Waals surface area contributed by atoms with Crippen LogP contribution in [0.25, 0.3) is 0 Å². The van der Waals surface area contributed by atoms with Crippen LogP contribution in [0, 0.1) is 5.41 Å². The average molecular weight is 439 g/mol. The molecule has 2 aliphatic heterocycles. The maximum absolute atomic E-state index is 8.41. The summed E-state index contributed by atoms with van der Waals surface area (Å²) in [6.07, 6.45) is 4.50. The molecule has 0 saturated carbocycles. The Kier molecular flexibility index (Phi) is 10.5. The summed E-state index contributed by atoms with van der Waals surface area (Å²) < 4.78 is 6.63. The van der Waals surface area contributed by atoms with Crippen LogP contribution >= 0.6 is 0 Å². The lowest BCUT2D eigenvalue weighted by molar-refractivity contribution is -0.924. The second-order valence-corrected chi connectivity index (χ2v) is 9.34. The molecule has 0 spiro atoms. The SMILES string of the molecule is CC[N+](CC)(CC)CC1CCCN1C(N)=NC(=N)N(C)CCCCN1CCOCC1C. The fourth-order valence-electron chi connectivity index (χ4n) is 4.95. The molecule has 2 heterocycles. The number of hydrogen-bond donors (Lipinski definition) is 2. The van der Waals surface area contributed by atoms with E-state index in [2.05, 4.69) is 42.5 Å². The maximum atomic E-state index is 8.41. The van der Waals surface area contributed by atoms with E-state index < -0.39 is 0 Å². The van der Waals surface area contributed by atoms with Gasteiger partial charge in [0.2, 0.25) is 5.96 Å². The molecule has 0 aromatic rings. The zero-order valence-corrected chi connectivity index (χ0v) is 20.8. The summed E-state index contributed by atoms with van der Waals surface area (Å²) in [4.78, 5) is 11.2. The Labute approximate surface area is 190 Å². The van der Waals surface area contributed by atoms with Gasteiger partial charge in [-0.1, -0.05) is 0 Å². The molecule has 3 N–H and O–H groups in total. The van der Waals surface area contributed by atoms with E-state index in [1.807, 2.05) is 11.9 Å². The Morgan fingerprint density at radius 2 is 1.90 bits per heavy atom. The molecular weight excluding hydrogens is 390 g/mol. The van der Waals surface area contributed by atoms with Crippen LogP contribution in [0.3, 0.4) is 0 Å². The lowest BCUT2D eigenvalue weighted by Crippen LogP contribution is -2.56. The van der Waals surface area contributed by atoms with Crippen LogP contribution < -0.4 is 5.73 Å². The van der Waals surface area contributed by atoms with Crippen molar-refractivity contribution in [3.63, 3.8) is 0 Å². The van der Waals surface area contributed by atoms with Crippen molar-refractivity contribution in [1.82, 2.24) is 14.7 Å². The molecule has 0 amide bonds. The predicted octanol–water partition coefficient (Wildman–Crippen LogP) is 2.01. The maximum Gasteiger partial charge on any atom is 0.220 e. The smallest absolute Gasteiger partial charge is 0.220 e. The number of unbranched alkanes of at least 4 members (excludes halogenated alkanes) is 1. The number of aliphatic imine (C=N–C) groups is 1. The fourth-order valence-corrected chi connectivity index (χ4v) is 4.95. The molecule has 31 heavy (non-hydrogen) atoms. The lowest BCUT2D eigenvalue weighted by atomic mass is 10.1. The second-order valence-electron chi connectivity index (χ2n) is 9.34. The molecule has 0 bridgehead atoms. The summed E-state index contributed by atoms with van der Waals surface area (Å²) in [5.41, 5.74) is 6.40. The van der Waals surface area contributed by atoms with E-state index in [1.54, 1.807) is 0 Å². The predicted molar refractivity (Wildman–Crippen MR) is 130 cm³/mol. The number of likely N-dealkylation sites (tertiary alicyclic amines) is 1. The quantitative estimate of drug-likeness (QED) is 0.236. The van der Waals surface area contributed by atoms with Gasteiger partial charge in [-0.15, -0.1) is 0 Å². The average Bonchev–Trinajstić information content (AvgIpc) is 3.24. The van der Waals surface area contributed by atoms with Gasteiger partial charge >= 0.3 is 0 Å². The van der Waals surface area contributed by atoms with Crippen LogP contribution in [0.2, 0.25) is 0 Å². The van der Waals surface area contributed by atoms with Crippen molar-refractivity contribution in [3.8, 4) is 0 Å². The first-order valence-corrected chi connectivity index (χ1v) is 12.4. The Morgan fingerprint density at radius 3 is 2.55 bits per heavy atom. The normalized spacial score (nSPS) is 23.4. The van der Waals surface area contributed by atoms with E-state index in [9.17, 15) is 0 Å². The number of morpholine rings is 1. The summed E-state index contributed by atoms with van der Waals surface area (Å²) in [7, 11) is 1.95. The molecule has 2 fully saturated rings. The van der Waals surface area contributed by atoms with Crippen LogP contribution in [-0.4, -0.2) is 116 Å².